The first-order valence-corrected chi connectivity index (χ1v) is 8.47. The predicted octanol–water partition coefficient (Wildman–Crippen LogP) is 5.03. The molecule has 5 heteroatoms. The first-order valence-electron chi connectivity index (χ1n) is 8.47. The molecular formula is C22H19N3O2. The zero-order valence-corrected chi connectivity index (χ0v) is 14.9. The third-order valence-corrected chi connectivity index (χ3v) is 3.75. The standard InChI is InChI=1S/C22H19N3O2/c1-3-8-17(9-4-2)21(26)23-19-14-12-18(13-15-19)22-24-20(25-27-22)16-10-6-5-7-11-16/h3-15H,1H2,2H3,(H,23,26)/b9-4-,17-8+. The van der Waals surface area contributed by atoms with E-state index < -0.39 is 0 Å². The zero-order chi connectivity index (χ0) is 19.1. The molecule has 0 saturated carbocycles. The number of nitrogens with one attached hydrogen (secondary N) is 1. The Balaban J connectivity index is 1.74. The quantitative estimate of drug-likeness (QED) is 0.496. The molecule has 0 spiro atoms. The van der Waals surface area contributed by atoms with Crippen LogP contribution in [0.25, 0.3) is 22.8 Å². The number of aromatic nitrogens is 2. The second-order valence-electron chi connectivity index (χ2n) is 5.68. The maximum atomic E-state index is 12.3. The van der Waals surface area contributed by atoms with Crippen LogP contribution in [0.4, 0.5) is 5.69 Å². The fraction of sp³-hybridized carbons (Fsp3) is 0.0455. The van der Waals surface area contributed by atoms with Crippen molar-refractivity contribution in [3.63, 3.8) is 0 Å². The van der Waals surface area contributed by atoms with Gasteiger partial charge in [0, 0.05) is 22.4 Å². The van der Waals surface area contributed by atoms with Crippen LogP contribution < -0.4 is 5.32 Å². The van der Waals surface area contributed by atoms with Gasteiger partial charge in [0.2, 0.25) is 5.82 Å². The van der Waals surface area contributed by atoms with Gasteiger partial charge in [-0.15, -0.1) is 0 Å². The number of amides is 1. The Kier molecular flexibility index (Phi) is 5.74. The first-order chi connectivity index (χ1) is 13.2. The van der Waals surface area contributed by atoms with Gasteiger partial charge in [-0.3, -0.25) is 4.79 Å². The number of carbonyl (C=O) groups is 1. The predicted molar refractivity (Wildman–Crippen MR) is 107 cm³/mol. The summed E-state index contributed by atoms with van der Waals surface area (Å²) >= 11 is 0. The highest BCUT2D eigenvalue weighted by Crippen LogP contribution is 2.23. The number of benzene rings is 2. The molecule has 1 aromatic heterocycles. The Bertz CT molecular complexity index is 984. The monoisotopic (exact) mass is 357 g/mol. The van der Waals surface area contributed by atoms with Gasteiger partial charge in [0.05, 0.1) is 0 Å². The molecule has 0 saturated heterocycles. The lowest BCUT2D eigenvalue weighted by Crippen LogP contribution is -2.13. The summed E-state index contributed by atoms with van der Waals surface area (Å²) in [5.74, 6) is 0.756. The van der Waals surface area contributed by atoms with E-state index in [0.29, 0.717) is 23.0 Å². The summed E-state index contributed by atoms with van der Waals surface area (Å²) in [6.07, 6.45) is 6.78. The van der Waals surface area contributed by atoms with E-state index in [9.17, 15) is 4.79 Å². The molecule has 1 amide bonds. The molecule has 0 atom stereocenters. The van der Waals surface area contributed by atoms with Crippen LogP contribution in [-0.2, 0) is 4.79 Å². The number of hydrogen-bond acceptors (Lipinski definition) is 4. The number of rotatable bonds is 6. The molecule has 0 aliphatic heterocycles. The van der Waals surface area contributed by atoms with E-state index >= 15 is 0 Å². The Morgan fingerprint density at radius 1 is 1.07 bits per heavy atom. The molecule has 0 unspecified atom stereocenters. The second kappa shape index (κ2) is 8.58. The fourth-order valence-corrected chi connectivity index (χ4v) is 2.46. The van der Waals surface area contributed by atoms with Crippen LogP contribution in [0.1, 0.15) is 6.92 Å². The van der Waals surface area contributed by atoms with Crippen molar-refractivity contribution in [3.05, 3.63) is 91.1 Å². The summed E-state index contributed by atoms with van der Waals surface area (Å²) in [4.78, 5) is 16.7. The molecule has 0 aliphatic rings. The molecule has 0 aliphatic carbocycles. The van der Waals surface area contributed by atoms with Crippen molar-refractivity contribution in [3.8, 4) is 22.8 Å². The Labute approximate surface area is 157 Å². The molecule has 1 heterocycles. The normalized spacial score (nSPS) is 11.5. The third kappa shape index (κ3) is 4.46. The maximum Gasteiger partial charge on any atom is 0.258 e. The van der Waals surface area contributed by atoms with Crippen molar-refractivity contribution in [1.82, 2.24) is 10.1 Å². The van der Waals surface area contributed by atoms with Gasteiger partial charge in [-0.1, -0.05) is 66.4 Å². The molecule has 0 fully saturated rings. The average molecular weight is 357 g/mol. The van der Waals surface area contributed by atoms with Crippen molar-refractivity contribution in [1.29, 1.82) is 0 Å². The molecular weight excluding hydrogens is 338 g/mol. The van der Waals surface area contributed by atoms with Crippen LogP contribution in [0, 0.1) is 0 Å². The maximum absolute atomic E-state index is 12.3. The van der Waals surface area contributed by atoms with Gasteiger partial charge in [-0.2, -0.15) is 4.98 Å². The molecule has 2 aromatic carbocycles. The Morgan fingerprint density at radius 3 is 2.48 bits per heavy atom. The van der Waals surface area contributed by atoms with Crippen LogP contribution in [0.2, 0.25) is 0 Å². The molecule has 3 rings (SSSR count). The van der Waals surface area contributed by atoms with Crippen molar-refractivity contribution in [2.45, 2.75) is 6.92 Å². The van der Waals surface area contributed by atoms with E-state index in [4.69, 9.17) is 4.52 Å². The van der Waals surface area contributed by atoms with Crippen LogP contribution >= 0.6 is 0 Å². The Hall–Kier alpha value is -3.73. The van der Waals surface area contributed by atoms with Crippen LogP contribution in [0.5, 0.6) is 0 Å². The third-order valence-electron chi connectivity index (χ3n) is 3.75. The van der Waals surface area contributed by atoms with E-state index in [2.05, 4.69) is 22.0 Å². The number of anilines is 1. The van der Waals surface area contributed by atoms with E-state index in [0.717, 1.165) is 11.1 Å². The summed E-state index contributed by atoms with van der Waals surface area (Å²) in [6.45, 7) is 5.48. The van der Waals surface area contributed by atoms with Crippen molar-refractivity contribution in [2.75, 3.05) is 5.32 Å². The van der Waals surface area contributed by atoms with Gasteiger partial charge in [-0.25, -0.2) is 0 Å². The molecule has 27 heavy (non-hydrogen) atoms. The van der Waals surface area contributed by atoms with Crippen LogP contribution in [0.3, 0.4) is 0 Å². The zero-order valence-electron chi connectivity index (χ0n) is 14.9. The summed E-state index contributed by atoms with van der Waals surface area (Å²) in [6, 6.07) is 16.9. The Morgan fingerprint density at radius 2 is 1.81 bits per heavy atom. The van der Waals surface area contributed by atoms with Crippen molar-refractivity contribution >= 4 is 11.6 Å². The second-order valence-corrected chi connectivity index (χ2v) is 5.68. The van der Waals surface area contributed by atoms with Gasteiger partial charge in [-0.05, 0) is 31.2 Å². The van der Waals surface area contributed by atoms with Gasteiger partial charge < -0.3 is 9.84 Å². The van der Waals surface area contributed by atoms with E-state index in [1.54, 1.807) is 36.4 Å². The summed E-state index contributed by atoms with van der Waals surface area (Å²) in [7, 11) is 0. The van der Waals surface area contributed by atoms with Crippen LogP contribution in [0.15, 0.2) is 95.6 Å². The van der Waals surface area contributed by atoms with Crippen molar-refractivity contribution < 1.29 is 9.32 Å². The lowest BCUT2D eigenvalue weighted by molar-refractivity contribution is -0.112. The number of hydrogen-bond donors (Lipinski definition) is 1. The highest BCUT2D eigenvalue weighted by atomic mass is 16.5. The van der Waals surface area contributed by atoms with Crippen molar-refractivity contribution in [2.24, 2.45) is 0 Å². The highest BCUT2D eigenvalue weighted by Gasteiger charge is 2.11. The lowest BCUT2D eigenvalue weighted by atomic mass is 10.1. The number of nitrogens with zero attached hydrogens (tertiary/aromatic N) is 2. The largest absolute Gasteiger partial charge is 0.334 e. The van der Waals surface area contributed by atoms with Gasteiger partial charge in [0.25, 0.3) is 11.8 Å². The van der Waals surface area contributed by atoms with Gasteiger partial charge >= 0.3 is 0 Å². The van der Waals surface area contributed by atoms with E-state index in [1.807, 2.05) is 49.4 Å². The minimum atomic E-state index is -0.204. The smallest absolute Gasteiger partial charge is 0.258 e. The van der Waals surface area contributed by atoms with E-state index in [-0.39, 0.29) is 5.91 Å². The average Bonchev–Trinajstić information content (AvgIpc) is 3.19. The topological polar surface area (TPSA) is 68.0 Å². The molecule has 1 N–H and O–H groups in total. The van der Waals surface area contributed by atoms with Gasteiger partial charge in [0.1, 0.15) is 0 Å². The number of allylic oxidation sites excluding steroid dienone is 3. The molecule has 0 radical (unpaired) electrons. The molecule has 5 nitrogen and oxygen atoms in total. The summed E-state index contributed by atoms with van der Waals surface area (Å²) in [5, 5.41) is 6.87. The lowest BCUT2D eigenvalue weighted by Gasteiger charge is -2.06. The molecule has 0 bridgehead atoms. The molecule has 134 valence electrons. The summed E-state index contributed by atoms with van der Waals surface area (Å²) < 4.78 is 5.35. The minimum absolute atomic E-state index is 0.204. The van der Waals surface area contributed by atoms with Gasteiger partial charge in [0.15, 0.2) is 0 Å². The number of carbonyl (C=O) groups excluding carboxylic acids is 1. The fourth-order valence-electron chi connectivity index (χ4n) is 2.46. The minimum Gasteiger partial charge on any atom is -0.334 e. The summed E-state index contributed by atoms with van der Waals surface area (Å²) in [5.41, 5.74) is 2.87. The molecule has 3 aromatic rings. The highest BCUT2D eigenvalue weighted by molar-refractivity contribution is 6.06. The van der Waals surface area contributed by atoms with E-state index in [1.165, 1.54) is 0 Å². The van der Waals surface area contributed by atoms with Crippen LogP contribution in [-0.4, -0.2) is 16.0 Å². The SMILES string of the molecule is C=C/C=C(\C=C/C)C(=O)Nc1ccc(-c2nc(-c3ccccc3)no2)cc1. The first kappa shape index (κ1) is 18.1.